The van der Waals surface area contributed by atoms with E-state index in [1.165, 1.54) is 26.3 Å². The van der Waals surface area contributed by atoms with Gasteiger partial charge in [0.15, 0.2) is 0 Å². The molecule has 1 saturated heterocycles. The second-order valence-corrected chi connectivity index (χ2v) is 12.4. The zero-order chi connectivity index (χ0) is 34.7. The van der Waals surface area contributed by atoms with E-state index in [0.29, 0.717) is 48.9 Å². The average Bonchev–Trinajstić information content (AvgIpc) is 2.99. The van der Waals surface area contributed by atoms with E-state index in [0.717, 1.165) is 4.90 Å². The number of hydrogen-bond acceptors (Lipinski definition) is 4. The molecule has 1 heterocycles. The van der Waals surface area contributed by atoms with Gasteiger partial charge in [-0.3, -0.25) is 14.4 Å². The first kappa shape index (κ1) is 36.2. The molecule has 7 nitrogen and oxygen atoms in total. The molecule has 47 heavy (non-hydrogen) atoms. The maximum absolute atomic E-state index is 14.0. The summed E-state index contributed by atoms with van der Waals surface area (Å²) < 4.78 is 99.5. The first-order chi connectivity index (χ1) is 22.0. The van der Waals surface area contributed by atoms with Crippen LogP contribution in [0, 0.1) is 24.6 Å². The Morgan fingerprint density at radius 2 is 1.55 bits per heavy atom. The molecule has 2 aromatic carbocycles. The minimum absolute atomic E-state index is 0.0370. The van der Waals surface area contributed by atoms with Crippen LogP contribution in [0.25, 0.3) is 0 Å². The molecule has 0 unspecified atom stereocenters. The predicted molar refractivity (Wildman–Crippen MR) is 157 cm³/mol. The fraction of sp³-hybridized carbons (Fsp3) is 0.545. The minimum atomic E-state index is -5.03. The minimum Gasteiger partial charge on any atom is -0.375 e. The Labute approximate surface area is 268 Å². The van der Waals surface area contributed by atoms with Gasteiger partial charge in [-0.1, -0.05) is 6.07 Å². The Hall–Kier alpha value is -3.68. The number of rotatable bonds is 8. The van der Waals surface area contributed by atoms with Crippen molar-refractivity contribution in [2.24, 2.45) is 11.8 Å². The number of methoxy groups -OCH3 is 1. The summed E-state index contributed by atoms with van der Waals surface area (Å²) in [6, 6.07) is 5.25. The van der Waals surface area contributed by atoms with Crippen LogP contribution in [0.4, 0.5) is 30.7 Å². The maximum atomic E-state index is 14.0. The second-order valence-electron chi connectivity index (χ2n) is 12.4. The smallest absolute Gasteiger partial charge is 0.375 e. The predicted octanol–water partition coefficient (Wildman–Crippen LogP) is 6.08. The third kappa shape index (κ3) is 9.02. The van der Waals surface area contributed by atoms with Gasteiger partial charge in [0.05, 0.1) is 11.1 Å². The molecule has 1 N–H and O–H groups in total. The molecule has 0 radical (unpaired) electrons. The summed E-state index contributed by atoms with van der Waals surface area (Å²) in [5.41, 5.74) is -2.11. The molecule has 3 amide bonds. The van der Waals surface area contributed by atoms with Crippen molar-refractivity contribution in [1.29, 1.82) is 0 Å². The largest absolute Gasteiger partial charge is 0.416 e. The normalized spacial score (nSPS) is 22.1. The summed E-state index contributed by atoms with van der Waals surface area (Å²) in [7, 11) is 2.74. The lowest BCUT2D eigenvalue weighted by Gasteiger charge is -2.42. The maximum Gasteiger partial charge on any atom is 0.416 e. The van der Waals surface area contributed by atoms with E-state index in [1.807, 2.05) is 0 Å². The molecule has 2 aromatic rings. The van der Waals surface area contributed by atoms with Crippen LogP contribution >= 0.6 is 0 Å². The number of aryl methyl sites for hydroxylation is 1. The number of benzene rings is 2. The highest BCUT2D eigenvalue weighted by atomic mass is 19.4. The van der Waals surface area contributed by atoms with Crippen LogP contribution in [0.3, 0.4) is 0 Å². The quantitative estimate of drug-likeness (QED) is 0.345. The van der Waals surface area contributed by atoms with E-state index in [4.69, 9.17) is 4.74 Å². The molecular weight excluding hydrogens is 635 g/mol. The zero-order valence-corrected chi connectivity index (χ0v) is 26.3. The summed E-state index contributed by atoms with van der Waals surface area (Å²) in [4.78, 5) is 42.2. The molecule has 14 heteroatoms. The fourth-order valence-corrected chi connectivity index (χ4v) is 6.71. The molecule has 0 spiro atoms. The van der Waals surface area contributed by atoms with Crippen molar-refractivity contribution in [3.63, 3.8) is 0 Å². The van der Waals surface area contributed by atoms with Gasteiger partial charge in [-0.05, 0) is 86.1 Å². The number of amides is 3. The molecule has 2 fully saturated rings. The average molecular weight is 674 g/mol. The van der Waals surface area contributed by atoms with Crippen molar-refractivity contribution in [3.8, 4) is 0 Å². The molecule has 4 rings (SSSR count). The van der Waals surface area contributed by atoms with Crippen LogP contribution in [0.2, 0.25) is 0 Å². The van der Waals surface area contributed by atoms with E-state index in [2.05, 4.69) is 5.32 Å². The van der Waals surface area contributed by atoms with Gasteiger partial charge in [0.25, 0.3) is 0 Å². The Morgan fingerprint density at radius 3 is 2.11 bits per heavy atom. The van der Waals surface area contributed by atoms with E-state index in [1.54, 1.807) is 17.9 Å². The zero-order valence-electron chi connectivity index (χ0n) is 26.3. The third-order valence-electron chi connectivity index (χ3n) is 9.03. The van der Waals surface area contributed by atoms with Crippen LogP contribution in [-0.2, 0) is 38.0 Å². The third-order valence-corrected chi connectivity index (χ3v) is 9.03. The molecule has 2 atom stereocenters. The van der Waals surface area contributed by atoms with Crippen molar-refractivity contribution >= 4 is 17.7 Å². The van der Waals surface area contributed by atoms with Gasteiger partial charge in [0, 0.05) is 57.6 Å². The van der Waals surface area contributed by atoms with Crippen LogP contribution < -0.4 is 5.32 Å². The second kappa shape index (κ2) is 14.6. The van der Waals surface area contributed by atoms with Crippen molar-refractivity contribution in [2.45, 2.75) is 69.9 Å². The van der Waals surface area contributed by atoms with Crippen LogP contribution in [0.15, 0.2) is 36.4 Å². The van der Waals surface area contributed by atoms with Crippen LogP contribution in [0.5, 0.6) is 0 Å². The number of carbonyl (C=O) groups excluding carboxylic acids is 3. The van der Waals surface area contributed by atoms with Crippen molar-refractivity contribution < 1.29 is 49.9 Å². The topological polar surface area (TPSA) is 79.0 Å². The summed E-state index contributed by atoms with van der Waals surface area (Å²) >= 11 is 0. The number of likely N-dealkylation sites (tertiary alicyclic amines) is 1. The molecule has 2 aliphatic rings. The van der Waals surface area contributed by atoms with Gasteiger partial charge in [-0.15, -0.1) is 0 Å². The Kier molecular flexibility index (Phi) is 11.2. The SMILES string of the molecule is COCC(=O)N[C@H]1CC[C@H](C(=O)N2CC[C@@H](C(=O)N(C)Cc3cc(C(F)(F)F)cc(C(F)(F)F)c3)[C@H](c3ccc(F)cc3C)C2)CC1. The molecule has 1 saturated carbocycles. The number of hydrogen-bond donors (Lipinski definition) is 1. The van der Waals surface area contributed by atoms with Gasteiger partial charge in [0.2, 0.25) is 17.7 Å². The highest BCUT2D eigenvalue weighted by Crippen LogP contribution is 2.39. The first-order valence-electron chi connectivity index (χ1n) is 15.3. The number of nitrogens with zero attached hydrogens (tertiary/aromatic N) is 2. The number of alkyl halides is 6. The van der Waals surface area contributed by atoms with Crippen molar-refractivity contribution in [2.75, 3.05) is 33.9 Å². The van der Waals surface area contributed by atoms with Gasteiger partial charge < -0.3 is 19.9 Å². The summed E-state index contributed by atoms with van der Waals surface area (Å²) in [6.07, 6.45) is -7.55. The molecule has 1 aliphatic heterocycles. The Balaban J connectivity index is 1.53. The highest BCUT2D eigenvalue weighted by molar-refractivity contribution is 5.82. The lowest BCUT2D eigenvalue weighted by molar-refractivity contribution is -0.144. The molecular formula is C33H38F7N3O4. The van der Waals surface area contributed by atoms with E-state index < -0.39 is 53.6 Å². The lowest BCUT2D eigenvalue weighted by atomic mass is 9.77. The molecule has 0 aromatic heterocycles. The summed E-state index contributed by atoms with van der Waals surface area (Å²) in [5.74, 6) is -2.99. The van der Waals surface area contributed by atoms with Gasteiger partial charge >= 0.3 is 12.4 Å². The van der Waals surface area contributed by atoms with Crippen LogP contribution in [-0.4, -0.2) is 67.4 Å². The standard InChI is InChI=1S/C33H38F7N3O4/c1-19-12-24(34)6-9-26(19)28-17-43(30(45)21-4-7-25(8-5-21)41-29(44)18-47-3)11-10-27(28)31(46)42(2)16-20-13-22(32(35,36)37)15-23(14-20)33(38,39)40/h6,9,12-15,21,25,27-28H,4-5,7-8,10-11,16-18H2,1-3H3,(H,41,44)/t21-,25-,27-,28+/m1/s1. The molecule has 0 bridgehead atoms. The lowest BCUT2D eigenvalue weighted by Crippen LogP contribution is -2.50. The highest BCUT2D eigenvalue weighted by Gasteiger charge is 2.41. The summed E-state index contributed by atoms with van der Waals surface area (Å²) in [5, 5.41) is 2.89. The summed E-state index contributed by atoms with van der Waals surface area (Å²) in [6.45, 7) is 1.45. The first-order valence-corrected chi connectivity index (χ1v) is 15.3. The van der Waals surface area contributed by atoms with E-state index >= 15 is 0 Å². The van der Waals surface area contributed by atoms with Crippen molar-refractivity contribution in [3.05, 3.63) is 70.0 Å². The van der Waals surface area contributed by atoms with Gasteiger partial charge in [-0.2, -0.15) is 26.3 Å². The Bertz CT molecular complexity index is 1420. The van der Waals surface area contributed by atoms with Gasteiger partial charge in [0.1, 0.15) is 12.4 Å². The molecule has 258 valence electrons. The monoisotopic (exact) mass is 673 g/mol. The van der Waals surface area contributed by atoms with E-state index in [9.17, 15) is 45.1 Å². The fourth-order valence-electron chi connectivity index (χ4n) is 6.71. The molecule has 1 aliphatic carbocycles. The van der Waals surface area contributed by atoms with Gasteiger partial charge in [-0.25, -0.2) is 4.39 Å². The van der Waals surface area contributed by atoms with E-state index in [-0.39, 0.29) is 61.5 Å². The number of ether oxygens (including phenoxy) is 1. The number of halogens is 7. The Morgan fingerprint density at radius 1 is 0.936 bits per heavy atom. The van der Waals surface area contributed by atoms with Crippen LogP contribution in [0.1, 0.15) is 65.8 Å². The van der Waals surface area contributed by atoms with Crippen molar-refractivity contribution in [1.82, 2.24) is 15.1 Å². The number of nitrogens with one attached hydrogen (secondary N) is 1. The number of piperidine rings is 1. The number of carbonyl (C=O) groups is 3.